The largest absolute Gasteiger partial charge is 0.496 e. The zero-order valence-corrected chi connectivity index (χ0v) is 17.8. The molecule has 0 N–H and O–H groups in total. The molecule has 160 valence electrons. The van der Waals surface area contributed by atoms with Gasteiger partial charge in [-0.3, -0.25) is 0 Å². The average Bonchev–Trinajstić information content (AvgIpc) is 2.82. The summed E-state index contributed by atoms with van der Waals surface area (Å²) in [4.78, 5) is 30.2. The highest BCUT2D eigenvalue weighted by molar-refractivity contribution is 6.09. The van der Waals surface area contributed by atoms with Gasteiger partial charge in [-0.15, -0.1) is 0 Å². The van der Waals surface area contributed by atoms with Crippen molar-refractivity contribution in [2.75, 3.05) is 21.3 Å². The fourth-order valence-electron chi connectivity index (χ4n) is 3.23. The first-order valence-electron chi connectivity index (χ1n) is 9.53. The van der Waals surface area contributed by atoms with Crippen LogP contribution in [0.5, 0.6) is 11.5 Å². The van der Waals surface area contributed by atoms with E-state index >= 15 is 0 Å². The lowest BCUT2D eigenvalue weighted by Crippen LogP contribution is -2.18. The van der Waals surface area contributed by atoms with Crippen molar-refractivity contribution in [3.05, 3.63) is 77.0 Å². The number of nitrogens with zero attached hydrogens (tertiary/aromatic N) is 1. The number of benzene rings is 2. The van der Waals surface area contributed by atoms with Crippen LogP contribution in [0.1, 0.15) is 32.0 Å². The van der Waals surface area contributed by atoms with E-state index in [-0.39, 0.29) is 29.2 Å². The first-order valence-corrected chi connectivity index (χ1v) is 9.53. The molecule has 0 aliphatic carbocycles. The van der Waals surface area contributed by atoms with E-state index in [0.717, 1.165) is 5.56 Å². The van der Waals surface area contributed by atoms with Crippen molar-refractivity contribution in [2.24, 2.45) is 0 Å². The van der Waals surface area contributed by atoms with Crippen molar-refractivity contribution in [1.29, 1.82) is 0 Å². The number of carbonyl (C=O) groups is 2. The smallest absolute Gasteiger partial charge is 0.342 e. The maximum Gasteiger partial charge on any atom is 0.342 e. The summed E-state index contributed by atoms with van der Waals surface area (Å²) in [7, 11) is 3.99. The van der Waals surface area contributed by atoms with Crippen LogP contribution >= 0.6 is 0 Å². The van der Waals surface area contributed by atoms with Crippen LogP contribution in [0, 0.1) is 6.92 Å². The van der Waals surface area contributed by atoms with Crippen LogP contribution in [0.2, 0.25) is 0 Å². The molecule has 1 aromatic heterocycles. The Kier molecular flexibility index (Phi) is 6.87. The number of methoxy groups -OCH3 is 3. The van der Waals surface area contributed by atoms with Gasteiger partial charge in [0.2, 0.25) is 0 Å². The quantitative estimate of drug-likeness (QED) is 0.528. The third kappa shape index (κ3) is 4.50. The molecule has 0 radical (unpaired) electrons. The Bertz CT molecular complexity index is 1090. The van der Waals surface area contributed by atoms with Gasteiger partial charge in [-0.1, -0.05) is 42.5 Å². The molecular formula is C24H23NO6. The molecule has 0 spiro atoms. The predicted molar refractivity (Wildman–Crippen MR) is 114 cm³/mol. The fourth-order valence-corrected chi connectivity index (χ4v) is 3.23. The lowest BCUT2D eigenvalue weighted by Gasteiger charge is -2.19. The van der Waals surface area contributed by atoms with E-state index in [1.165, 1.54) is 21.3 Å². The Hall–Kier alpha value is -3.87. The van der Waals surface area contributed by atoms with Crippen LogP contribution in [0.4, 0.5) is 0 Å². The topological polar surface area (TPSA) is 84.0 Å². The summed E-state index contributed by atoms with van der Waals surface area (Å²) in [5.41, 5.74) is 2.00. The number of aryl methyl sites for hydroxylation is 1. The summed E-state index contributed by atoms with van der Waals surface area (Å²) in [6.45, 7) is 1.88. The molecule has 0 bridgehead atoms. The highest BCUT2D eigenvalue weighted by Crippen LogP contribution is 2.38. The van der Waals surface area contributed by atoms with Gasteiger partial charge in [0.1, 0.15) is 23.5 Å². The normalized spacial score (nSPS) is 10.3. The van der Waals surface area contributed by atoms with Crippen molar-refractivity contribution < 1.29 is 28.5 Å². The predicted octanol–water partition coefficient (Wildman–Crippen LogP) is 4.22. The van der Waals surface area contributed by atoms with Gasteiger partial charge in [-0.05, 0) is 24.6 Å². The Balaban J connectivity index is 2.25. The molecule has 0 atom stereocenters. The Morgan fingerprint density at radius 3 is 2.10 bits per heavy atom. The highest BCUT2D eigenvalue weighted by atomic mass is 16.5. The molecule has 3 rings (SSSR count). The molecule has 0 aliphatic heterocycles. The van der Waals surface area contributed by atoms with Crippen molar-refractivity contribution in [3.63, 3.8) is 0 Å². The van der Waals surface area contributed by atoms with E-state index in [4.69, 9.17) is 18.9 Å². The van der Waals surface area contributed by atoms with Gasteiger partial charge >= 0.3 is 11.9 Å². The van der Waals surface area contributed by atoms with Gasteiger partial charge in [-0.25, -0.2) is 14.6 Å². The molecule has 0 fully saturated rings. The minimum atomic E-state index is -0.738. The maximum absolute atomic E-state index is 12.8. The lowest BCUT2D eigenvalue weighted by atomic mass is 9.98. The van der Waals surface area contributed by atoms with E-state index in [1.807, 2.05) is 30.3 Å². The van der Waals surface area contributed by atoms with E-state index in [9.17, 15) is 9.59 Å². The number of aromatic nitrogens is 1. The molecule has 7 heteroatoms. The monoisotopic (exact) mass is 421 g/mol. The van der Waals surface area contributed by atoms with Crippen LogP contribution in [-0.2, 0) is 16.1 Å². The van der Waals surface area contributed by atoms with Crippen LogP contribution in [-0.4, -0.2) is 38.3 Å². The van der Waals surface area contributed by atoms with Crippen molar-refractivity contribution in [3.8, 4) is 22.8 Å². The molecule has 2 aromatic carbocycles. The third-order valence-electron chi connectivity index (χ3n) is 4.69. The Labute approximate surface area is 180 Å². The summed E-state index contributed by atoms with van der Waals surface area (Å²) in [5.74, 6) is -0.813. The molecule has 0 aliphatic rings. The summed E-state index contributed by atoms with van der Waals surface area (Å²) in [6, 6.07) is 16.5. The van der Waals surface area contributed by atoms with Gasteiger partial charge in [0.05, 0.1) is 32.7 Å². The Morgan fingerprint density at radius 1 is 0.839 bits per heavy atom. The molecule has 0 saturated heterocycles. The summed E-state index contributed by atoms with van der Waals surface area (Å²) >= 11 is 0. The molecular weight excluding hydrogens is 398 g/mol. The molecule has 31 heavy (non-hydrogen) atoms. The zero-order valence-electron chi connectivity index (χ0n) is 17.8. The first-order chi connectivity index (χ1) is 15.0. The van der Waals surface area contributed by atoms with Crippen molar-refractivity contribution >= 4 is 11.9 Å². The number of rotatable bonds is 7. The Morgan fingerprint density at radius 2 is 1.45 bits per heavy atom. The number of para-hydroxylation sites is 1. The molecule has 1 heterocycles. The number of hydrogen-bond donors (Lipinski definition) is 0. The number of pyridine rings is 1. The molecule has 0 amide bonds. The van der Waals surface area contributed by atoms with E-state index < -0.39 is 11.9 Å². The minimum absolute atomic E-state index is 0.0429. The second-order valence-electron chi connectivity index (χ2n) is 6.58. The zero-order chi connectivity index (χ0) is 22.4. The summed E-state index contributed by atoms with van der Waals surface area (Å²) in [5, 5.41) is 0. The third-order valence-corrected chi connectivity index (χ3v) is 4.69. The minimum Gasteiger partial charge on any atom is -0.496 e. The standard InChI is InChI=1S/C24H23NO6/c1-15-22(31-14-16-10-6-5-7-11-16)20(24(27)30-4)19(23(26)29-3)21(25-15)17-12-8-9-13-18(17)28-2/h5-13H,14H2,1-4H3. The van der Waals surface area contributed by atoms with Crippen molar-refractivity contribution in [1.82, 2.24) is 4.98 Å². The SMILES string of the molecule is COC(=O)c1c(-c2ccccc2OC)nc(C)c(OCc2ccccc2)c1C(=O)OC. The average molecular weight is 421 g/mol. The number of carbonyl (C=O) groups excluding carboxylic acids is 2. The lowest BCUT2D eigenvalue weighted by molar-refractivity contribution is 0.0550. The van der Waals surface area contributed by atoms with Crippen LogP contribution in [0.3, 0.4) is 0 Å². The van der Waals surface area contributed by atoms with Crippen LogP contribution in [0.15, 0.2) is 54.6 Å². The second kappa shape index (κ2) is 9.75. The van der Waals surface area contributed by atoms with Crippen LogP contribution in [0.25, 0.3) is 11.3 Å². The van der Waals surface area contributed by atoms with Gasteiger partial charge in [0.25, 0.3) is 0 Å². The molecule has 0 saturated carbocycles. The molecule has 0 unspecified atom stereocenters. The van der Waals surface area contributed by atoms with E-state index in [2.05, 4.69) is 4.98 Å². The van der Waals surface area contributed by atoms with Gasteiger partial charge in [-0.2, -0.15) is 0 Å². The van der Waals surface area contributed by atoms with Gasteiger partial charge < -0.3 is 18.9 Å². The van der Waals surface area contributed by atoms with Gasteiger partial charge in [0, 0.05) is 5.56 Å². The number of hydrogen-bond acceptors (Lipinski definition) is 7. The summed E-state index contributed by atoms with van der Waals surface area (Å²) in [6.07, 6.45) is 0. The van der Waals surface area contributed by atoms with Gasteiger partial charge in [0.15, 0.2) is 5.75 Å². The maximum atomic E-state index is 12.8. The first kappa shape index (κ1) is 21.8. The number of esters is 2. The van der Waals surface area contributed by atoms with Crippen LogP contribution < -0.4 is 9.47 Å². The molecule has 3 aromatic rings. The second-order valence-corrected chi connectivity index (χ2v) is 6.58. The highest BCUT2D eigenvalue weighted by Gasteiger charge is 2.31. The number of ether oxygens (including phenoxy) is 4. The fraction of sp³-hybridized carbons (Fsp3) is 0.208. The summed E-state index contributed by atoms with van der Waals surface area (Å²) < 4.78 is 21.4. The van der Waals surface area contributed by atoms with Crippen molar-refractivity contribution in [2.45, 2.75) is 13.5 Å². The van der Waals surface area contributed by atoms with E-state index in [0.29, 0.717) is 17.0 Å². The molecule has 7 nitrogen and oxygen atoms in total. The van der Waals surface area contributed by atoms with E-state index in [1.54, 1.807) is 31.2 Å².